The number of nitrogens with zero attached hydrogens (tertiary/aromatic N) is 1. The van der Waals surface area contributed by atoms with E-state index in [0.29, 0.717) is 10.6 Å². The number of carbonyl (C=O) groups is 2. The molecule has 2 N–H and O–H groups in total. The Morgan fingerprint density at radius 3 is 2.56 bits per heavy atom. The molecule has 132 valence electrons. The van der Waals surface area contributed by atoms with Crippen molar-refractivity contribution < 1.29 is 9.59 Å². The molecule has 1 aromatic carbocycles. The van der Waals surface area contributed by atoms with Crippen LogP contribution in [-0.2, 0) is 4.79 Å². The summed E-state index contributed by atoms with van der Waals surface area (Å²) in [6.07, 6.45) is 1.56. The first kappa shape index (κ1) is 19.4. The van der Waals surface area contributed by atoms with Gasteiger partial charge in [0.2, 0.25) is 0 Å². The summed E-state index contributed by atoms with van der Waals surface area (Å²) in [4.78, 5) is 25.6. The summed E-state index contributed by atoms with van der Waals surface area (Å²) >= 11 is 13.3. The molecule has 0 saturated heterocycles. The van der Waals surface area contributed by atoms with Crippen molar-refractivity contribution in [3.8, 4) is 0 Å². The molecule has 0 fully saturated rings. The molecule has 2 aromatic rings. The van der Waals surface area contributed by atoms with Crippen LogP contribution >= 0.6 is 34.5 Å². The fraction of sp³-hybridized carbons (Fsp3) is 0.235. The van der Waals surface area contributed by atoms with Gasteiger partial charge in [-0.25, -0.2) is 5.43 Å². The molecule has 0 radical (unpaired) electrons. The first-order valence-corrected chi connectivity index (χ1v) is 9.14. The molecule has 0 saturated carbocycles. The summed E-state index contributed by atoms with van der Waals surface area (Å²) in [6.45, 7) is 3.67. The topological polar surface area (TPSA) is 70.6 Å². The second kappa shape index (κ2) is 8.99. The van der Waals surface area contributed by atoms with E-state index in [2.05, 4.69) is 15.8 Å². The molecule has 2 rings (SSSR count). The lowest BCUT2D eigenvalue weighted by atomic mass is 10.0. The molecule has 0 spiro atoms. The molecule has 1 heterocycles. The van der Waals surface area contributed by atoms with Gasteiger partial charge in [-0.05, 0) is 35.6 Å². The number of benzene rings is 1. The van der Waals surface area contributed by atoms with Gasteiger partial charge in [0.05, 0.1) is 16.3 Å². The Morgan fingerprint density at radius 1 is 1.20 bits per heavy atom. The minimum absolute atomic E-state index is 0.122. The van der Waals surface area contributed by atoms with Gasteiger partial charge in [-0.2, -0.15) is 5.10 Å². The molecular weight excluding hydrogens is 381 g/mol. The maximum Gasteiger partial charge on any atom is 0.262 e. The molecule has 5 nitrogen and oxygen atoms in total. The molecule has 0 aliphatic rings. The van der Waals surface area contributed by atoms with Crippen LogP contribution in [0.1, 0.15) is 29.1 Å². The molecule has 8 heteroatoms. The summed E-state index contributed by atoms with van der Waals surface area (Å²) in [5.41, 5.74) is 2.78. The quantitative estimate of drug-likeness (QED) is 0.571. The van der Waals surface area contributed by atoms with Gasteiger partial charge in [0, 0.05) is 10.4 Å². The minimum Gasteiger partial charge on any atom is -0.340 e. The van der Waals surface area contributed by atoms with E-state index in [1.807, 2.05) is 31.4 Å². The zero-order chi connectivity index (χ0) is 18.4. The molecule has 0 aliphatic heterocycles. The highest BCUT2D eigenvalue weighted by atomic mass is 35.5. The lowest BCUT2D eigenvalue weighted by Gasteiger charge is -2.20. The second-order valence-electron chi connectivity index (χ2n) is 5.57. The third kappa shape index (κ3) is 5.56. The predicted octanol–water partition coefficient (Wildman–Crippen LogP) is 3.96. The van der Waals surface area contributed by atoms with E-state index >= 15 is 0 Å². The number of rotatable bonds is 6. The van der Waals surface area contributed by atoms with Gasteiger partial charge in [0.25, 0.3) is 11.8 Å². The van der Waals surface area contributed by atoms with E-state index in [1.165, 1.54) is 23.5 Å². The zero-order valence-electron chi connectivity index (χ0n) is 13.6. The van der Waals surface area contributed by atoms with Crippen molar-refractivity contribution in [2.24, 2.45) is 11.0 Å². The van der Waals surface area contributed by atoms with Crippen molar-refractivity contribution >= 4 is 52.6 Å². The Kier molecular flexibility index (Phi) is 6.99. The lowest BCUT2D eigenvalue weighted by Crippen LogP contribution is -2.48. The molecule has 1 unspecified atom stereocenters. The summed E-state index contributed by atoms with van der Waals surface area (Å²) in [5.74, 6) is -0.922. The van der Waals surface area contributed by atoms with Crippen LogP contribution in [0.4, 0.5) is 0 Å². The number of amides is 2. The average molecular weight is 398 g/mol. The van der Waals surface area contributed by atoms with Crippen LogP contribution in [-0.4, -0.2) is 24.1 Å². The van der Waals surface area contributed by atoms with Gasteiger partial charge in [0.15, 0.2) is 0 Å². The van der Waals surface area contributed by atoms with Crippen molar-refractivity contribution in [3.63, 3.8) is 0 Å². The van der Waals surface area contributed by atoms with Gasteiger partial charge >= 0.3 is 0 Å². The van der Waals surface area contributed by atoms with E-state index in [-0.39, 0.29) is 10.9 Å². The van der Waals surface area contributed by atoms with Crippen LogP contribution in [0.25, 0.3) is 0 Å². The normalized spacial score (nSPS) is 12.4. The average Bonchev–Trinajstić information content (AvgIpc) is 3.07. The highest BCUT2D eigenvalue weighted by Crippen LogP contribution is 2.22. The highest BCUT2D eigenvalue weighted by Gasteiger charge is 2.24. The smallest absolute Gasteiger partial charge is 0.262 e. The number of nitrogens with one attached hydrogen (secondary N) is 2. The van der Waals surface area contributed by atoms with Gasteiger partial charge in [-0.15, -0.1) is 11.3 Å². The molecule has 1 atom stereocenters. The minimum atomic E-state index is -0.734. The standard InChI is InChI=1S/C17H17Cl2N3O2S/c1-10(2)15(17(24)22-20-9-12-4-3-7-25-12)21-16(23)11-5-6-13(18)14(19)8-11/h3-10,15H,1-2H3,(H,21,23)(H,22,24)/b20-9-. The van der Waals surface area contributed by atoms with Crippen molar-refractivity contribution in [2.75, 3.05) is 0 Å². The zero-order valence-corrected chi connectivity index (χ0v) is 16.0. The van der Waals surface area contributed by atoms with Crippen LogP contribution in [0.5, 0.6) is 0 Å². The number of hydrogen-bond acceptors (Lipinski definition) is 4. The van der Waals surface area contributed by atoms with Crippen LogP contribution in [0.3, 0.4) is 0 Å². The number of hydrogen-bond donors (Lipinski definition) is 2. The Morgan fingerprint density at radius 2 is 1.96 bits per heavy atom. The molecule has 2 amide bonds. The van der Waals surface area contributed by atoms with Gasteiger partial charge < -0.3 is 5.32 Å². The van der Waals surface area contributed by atoms with Gasteiger partial charge in [-0.3, -0.25) is 9.59 Å². The summed E-state index contributed by atoms with van der Waals surface area (Å²) in [7, 11) is 0. The Labute approximate surface area is 160 Å². The Balaban J connectivity index is 2.02. The van der Waals surface area contributed by atoms with E-state index in [9.17, 15) is 9.59 Å². The summed E-state index contributed by atoms with van der Waals surface area (Å²) < 4.78 is 0. The monoisotopic (exact) mass is 397 g/mol. The maximum absolute atomic E-state index is 12.4. The summed E-state index contributed by atoms with van der Waals surface area (Å²) in [5, 5.41) is 9.17. The van der Waals surface area contributed by atoms with E-state index in [1.54, 1.807) is 12.3 Å². The number of carbonyl (C=O) groups excluding carboxylic acids is 2. The lowest BCUT2D eigenvalue weighted by molar-refractivity contribution is -0.123. The third-order valence-electron chi connectivity index (χ3n) is 3.33. The van der Waals surface area contributed by atoms with Crippen LogP contribution < -0.4 is 10.7 Å². The molecule has 0 bridgehead atoms. The van der Waals surface area contributed by atoms with E-state index in [4.69, 9.17) is 23.2 Å². The maximum atomic E-state index is 12.4. The van der Waals surface area contributed by atoms with Gasteiger partial charge in [-0.1, -0.05) is 43.1 Å². The molecule has 0 aliphatic carbocycles. The van der Waals surface area contributed by atoms with E-state index < -0.39 is 17.9 Å². The van der Waals surface area contributed by atoms with E-state index in [0.717, 1.165) is 4.88 Å². The van der Waals surface area contributed by atoms with Crippen molar-refractivity contribution in [2.45, 2.75) is 19.9 Å². The van der Waals surface area contributed by atoms with Crippen LogP contribution in [0.15, 0.2) is 40.8 Å². The van der Waals surface area contributed by atoms with Crippen molar-refractivity contribution in [1.29, 1.82) is 0 Å². The first-order valence-electron chi connectivity index (χ1n) is 7.51. The van der Waals surface area contributed by atoms with Crippen LogP contribution in [0, 0.1) is 5.92 Å². The van der Waals surface area contributed by atoms with Gasteiger partial charge in [0.1, 0.15) is 6.04 Å². The number of thiophene rings is 1. The third-order valence-corrected chi connectivity index (χ3v) is 4.87. The van der Waals surface area contributed by atoms with Crippen molar-refractivity contribution in [1.82, 2.24) is 10.7 Å². The second-order valence-corrected chi connectivity index (χ2v) is 7.37. The Bertz CT molecular complexity index is 776. The first-order chi connectivity index (χ1) is 11.9. The highest BCUT2D eigenvalue weighted by molar-refractivity contribution is 7.11. The fourth-order valence-corrected chi connectivity index (χ4v) is 2.87. The van der Waals surface area contributed by atoms with Crippen molar-refractivity contribution in [3.05, 3.63) is 56.2 Å². The predicted molar refractivity (Wildman–Crippen MR) is 103 cm³/mol. The molecular formula is C17H17Cl2N3O2S. The van der Waals surface area contributed by atoms with Crippen LogP contribution in [0.2, 0.25) is 10.0 Å². The number of halogens is 2. The number of hydrazone groups is 1. The largest absolute Gasteiger partial charge is 0.340 e. The SMILES string of the molecule is CC(C)C(NC(=O)c1ccc(Cl)c(Cl)c1)C(=O)N/N=C\c1cccs1. The Hall–Kier alpha value is -1.89. The fourth-order valence-electron chi connectivity index (χ4n) is 1.99. The molecule has 25 heavy (non-hydrogen) atoms. The molecule has 1 aromatic heterocycles. The summed E-state index contributed by atoms with van der Waals surface area (Å²) in [6, 6.07) is 7.59.